The SMILES string of the molecule is COc1cccc(C2/C(=C(/O)c3cccc([N+](=O)[O-])c3)C(=O)C(=O)N2c2ccc(OC(C)C)cc2)c1. The van der Waals surface area contributed by atoms with Crippen LogP contribution in [-0.2, 0) is 9.59 Å². The maximum absolute atomic E-state index is 13.3. The molecule has 1 N–H and O–H groups in total. The molecule has 9 heteroatoms. The molecule has 1 saturated heterocycles. The molecule has 0 saturated carbocycles. The van der Waals surface area contributed by atoms with Crippen molar-refractivity contribution in [2.45, 2.75) is 26.0 Å². The van der Waals surface area contributed by atoms with Crippen LogP contribution in [0.3, 0.4) is 0 Å². The van der Waals surface area contributed by atoms with E-state index in [1.807, 2.05) is 13.8 Å². The number of carbonyl (C=O) groups excluding carboxylic acids is 2. The Morgan fingerprint density at radius 2 is 1.69 bits per heavy atom. The summed E-state index contributed by atoms with van der Waals surface area (Å²) >= 11 is 0. The van der Waals surface area contributed by atoms with Crippen LogP contribution in [-0.4, -0.2) is 34.9 Å². The third-order valence-electron chi connectivity index (χ3n) is 5.67. The third kappa shape index (κ3) is 4.63. The van der Waals surface area contributed by atoms with Gasteiger partial charge in [-0.3, -0.25) is 24.6 Å². The summed E-state index contributed by atoms with van der Waals surface area (Å²) in [6.07, 6.45) is -0.0446. The number of nitro benzene ring substituents is 1. The summed E-state index contributed by atoms with van der Waals surface area (Å²) in [5.74, 6) is -1.16. The second-order valence-corrected chi connectivity index (χ2v) is 8.41. The number of non-ortho nitro benzene ring substituents is 1. The number of benzene rings is 3. The molecule has 1 heterocycles. The molecule has 0 bridgehead atoms. The first-order valence-corrected chi connectivity index (χ1v) is 11.2. The fourth-order valence-electron chi connectivity index (χ4n) is 4.11. The van der Waals surface area contributed by atoms with Crippen LogP contribution >= 0.6 is 0 Å². The fourth-order valence-corrected chi connectivity index (χ4v) is 4.11. The van der Waals surface area contributed by atoms with Crippen LogP contribution in [0.4, 0.5) is 11.4 Å². The van der Waals surface area contributed by atoms with Crippen molar-refractivity contribution < 1.29 is 29.1 Å². The predicted octanol–water partition coefficient (Wildman–Crippen LogP) is 5.02. The van der Waals surface area contributed by atoms with Gasteiger partial charge >= 0.3 is 0 Å². The fraction of sp³-hybridized carbons (Fsp3) is 0.185. The van der Waals surface area contributed by atoms with E-state index in [0.29, 0.717) is 22.7 Å². The summed E-state index contributed by atoms with van der Waals surface area (Å²) in [7, 11) is 1.49. The third-order valence-corrected chi connectivity index (χ3v) is 5.67. The number of ketones is 1. The van der Waals surface area contributed by atoms with Gasteiger partial charge in [0.1, 0.15) is 17.3 Å². The van der Waals surface area contributed by atoms with Crippen LogP contribution in [0.15, 0.2) is 78.4 Å². The smallest absolute Gasteiger partial charge is 0.300 e. The number of carbonyl (C=O) groups is 2. The van der Waals surface area contributed by atoms with Crippen LogP contribution in [0.1, 0.15) is 31.0 Å². The van der Waals surface area contributed by atoms with Gasteiger partial charge < -0.3 is 14.6 Å². The number of aliphatic hydroxyl groups excluding tert-OH is 1. The van der Waals surface area contributed by atoms with Crippen LogP contribution in [0.25, 0.3) is 5.76 Å². The van der Waals surface area contributed by atoms with E-state index in [-0.39, 0.29) is 22.9 Å². The minimum atomic E-state index is -1.00. The average Bonchev–Trinajstić information content (AvgIpc) is 3.14. The maximum Gasteiger partial charge on any atom is 0.300 e. The van der Waals surface area contributed by atoms with Crippen molar-refractivity contribution in [1.82, 2.24) is 0 Å². The molecule has 184 valence electrons. The van der Waals surface area contributed by atoms with E-state index in [0.717, 1.165) is 6.07 Å². The molecule has 1 unspecified atom stereocenters. The van der Waals surface area contributed by atoms with Gasteiger partial charge in [-0.1, -0.05) is 24.3 Å². The van der Waals surface area contributed by atoms with E-state index in [1.165, 1.54) is 30.2 Å². The Morgan fingerprint density at radius 1 is 1.00 bits per heavy atom. The van der Waals surface area contributed by atoms with Crippen molar-refractivity contribution in [2.75, 3.05) is 12.0 Å². The van der Waals surface area contributed by atoms with E-state index < -0.39 is 28.4 Å². The van der Waals surface area contributed by atoms with Gasteiger partial charge in [0.25, 0.3) is 17.4 Å². The molecule has 1 atom stereocenters. The summed E-state index contributed by atoms with van der Waals surface area (Å²) < 4.78 is 11.0. The highest BCUT2D eigenvalue weighted by Gasteiger charge is 2.47. The maximum atomic E-state index is 13.3. The highest BCUT2D eigenvalue weighted by atomic mass is 16.6. The zero-order valence-electron chi connectivity index (χ0n) is 19.9. The van der Waals surface area contributed by atoms with Crippen molar-refractivity contribution in [1.29, 1.82) is 0 Å². The molecule has 1 fully saturated rings. The van der Waals surface area contributed by atoms with Gasteiger partial charge in [-0.05, 0) is 55.8 Å². The van der Waals surface area contributed by atoms with Gasteiger partial charge in [0, 0.05) is 23.4 Å². The van der Waals surface area contributed by atoms with Gasteiger partial charge in [0.15, 0.2) is 0 Å². The Kier molecular flexibility index (Phi) is 6.73. The van der Waals surface area contributed by atoms with E-state index in [1.54, 1.807) is 48.5 Å². The number of aliphatic hydroxyl groups is 1. The van der Waals surface area contributed by atoms with Crippen LogP contribution in [0, 0.1) is 10.1 Å². The van der Waals surface area contributed by atoms with Crippen molar-refractivity contribution in [3.8, 4) is 11.5 Å². The largest absolute Gasteiger partial charge is 0.507 e. The number of methoxy groups -OCH3 is 1. The second-order valence-electron chi connectivity index (χ2n) is 8.41. The zero-order chi connectivity index (χ0) is 26.0. The number of Topliss-reactive ketones (excluding diaryl/α,β-unsaturated/α-hetero) is 1. The number of nitrogens with zero attached hydrogens (tertiary/aromatic N) is 2. The number of hydrogen-bond acceptors (Lipinski definition) is 7. The highest BCUT2D eigenvalue weighted by Crippen LogP contribution is 2.43. The second kappa shape index (κ2) is 9.91. The Balaban J connectivity index is 1.90. The van der Waals surface area contributed by atoms with Crippen LogP contribution in [0.2, 0.25) is 0 Å². The molecule has 3 aromatic rings. The molecule has 0 aliphatic carbocycles. The number of hydrogen-bond donors (Lipinski definition) is 1. The Labute approximate surface area is 207 Å². The standard InChI is InChI=1S/C27H24N2O7/c1-16(2)36-21-12-10-19(11-13-21)28-24(17-6-5-9-22(15-17)35-3)23(26(31)27(28)32)25(30)18-7-4-8-20(14-18)29(33)34/h4-16,24,30H,1-3H3/b25-23-. The molecule has 9 nitrogen and oxygen atoms in total. The average molecular weight is 488 g/mol. The van der Waals surface area contributed by atoms with Gasteiger partial charge in [-0.15, -0.1) is 0 Å². The molecule has 36 heavy (non-hydrogen) atoms. The number of ether oxygens (including phenoxy) is 2. The summed E-state index contributed by atoms with van der Waals surface area (Å²) in [5, 5.41) is 22.4. The quantitative estimate of drug-likeness (QED) is 0.163. The summed E-state index contributed by atoms with van der Waals surface area (Å²) in [6.45, 7) is 3.78. The van der Waals surface area contributed by atoms with E-state index in [9.17, 15) is 24.8 Å². The summed E-state index contributed by atoms with van der Waals surface area (Å²) in [6, 6.07) is 17.8. The normalized spacial score (nSPS) is 16.9. The Hall–Kier alpha value is -4.66. The van der Waals surface area contributed by atoms with Gasteiger partial charge in [-0.25, -0.2) is 0 Å². The van der Waals surface area contributed by atoms with Gasteiger partial charge in [0.2, 0.25) is 0 Å². The molecular formula is C27H24N2O7. The molecule has 1 amide bonds. The molecule has 3 aromatic carbocycles. The molecule has 4 rings (SSSR count). The first-order chi connectivity index (χ1) is 17.2. The molecule has 0 radical (unpaired) electrons. The van der Waals surface area contributed by atoms with E-state index in [4.69, 9.17) is 9.47 Å². The van der Waals surface area contributed by atoms with Crippen molar-refractivity contribution in [3.05, 3.63) is 99.6 Å². The minimum absolute atomic E-state index is 0.0446. The van der Waals surface area contributed by atoms with Crippen molar-refractivity contribution in [2.24, 2.45) is 0 Å². The predicted molar refractivity (Wildman–Crippen MR) is 133 cm³/mol. The summed E-state index contributed by atoms with van der Waals surface area (Å²) in [4.78, 5) is 38.5. The van der Waals surface area contributed by atoms with Crippen LogP contribution in [0.5, 0.6) is 11.5 Å². The first-order valence-electron chi connectivity index (χ1n) is 11.2. The molecule has 1 aliphatic rings. The first kappa shape index (κ1) is 24.5. The van der Waals surface area contributed by atoms with Gasteiger partial charge in [0.05, 0.1) is 29.8 Å². The van der Waals surface area contributed by atoms with E-state index in [2.05, 4.69) is 0 Å². The summed E-state index contributed by atoms with van der Waals surface area (Å²) in [5.41, 5.74) is 0.543. The zero-order valence-corrected chi connectivity index (χ0v) is 19.9. The molecule has 1 aliphatic heterocycles. The van der Waals surface area contributed by atoms with Crippen molar-refractivity contribution in [3.63, 3.8) is 0 Å². The van der Waals surface area contributed by atoms with Gasteiger partial charge in [-0.2, -0.15) is 0 Å². The highest BCUT2D eigenvalue weighted by molar-refractivity contribution is 6.51. The van der Waals surface area contributed by atoms with Crippen molar-refractivity contribution >= 4 is 28.8 Å². The lowest BCUT2D eigenvalue weighted by atomic mass is 9.95. The number of rotatable bonds is 7. The lowest BCUT2D eigenvalue weighted by Crippen LogP contribution is -2.29. The lowest BCUT2D eigenvalue weighted by molar-refractivity contribution is -0.384. The topological polar surface area (TPSA) is 119 Å². The van der Waals surface area contributed by atoms with Crippen LogP contribution < -0.4 is 14.4 Å². The number of amides is 1. The Bertz CT molecular complexity index is 1360. The number of nitro groups is 1. The van der Waals surface area contributed by atoms with E-state index >= 15 is 0 Å². The molecule has 0 aromatic heterocycles. The Morgan fingerprint density at radius 3 is 2.33 bits per heavy atom. The molecular weight excluding hydrogens is 464 g/mol. The lowest BCUT2D eigenvalue weighted by Gasteiger charge is -2.26. The molecule has 0 spiro atoms. The monoisotopic (exact) mass is 488 g/mol. The minimum Gasteiger partial charge on any atom is -0.507 e. The number of anilines is 1.